The Balaban J connectivity index is 2.76. The van der Waals surface area contributed by atoms with Gasteiger partial charge >= 0.3 is 5.97 Å². The zero-order valence-electron chi connectivity index (χ0n) is 11.2. The first-order valence-corrected chi connectivity index (χ1v) is 6.18. The second-order valence-electron chi connectivity index (χ2n) is 4.61. The lowest BCUT2D eigenvalue weighted by Gasteiger charge is -2.27. The monoisotopic (exact) mass is 281 g/mol. The Kier molecular flexibility index (Phi) is 5.66. The summed E-state index contributed by atoms with van der Waals surface area (Å²) < 4.78 is 5.03. The fourth-order valence-electron chi connectivity index (χ4n) is 1.54. The number of aromatic carboxylic acids is 1. The molecule has 0 unspecified atom stereocenters. The smallest absolute Gasteiger partial charge is 0.338 e. The number of hydrogen-bond donors (Lipinski definition) is 2. The van der Waals surface area contributed by atoms with E-state index in [1.165, 1.54) is 18.2 Å². The van der Waals surface area contributed by atoms with Gasteiger partial charge in [-0.05, 0) is 24.1 Å². The summed E-state index contributed by atoms with van der Waals surface area (Å²) in [5, 5.41) is 29.2. The maximum Gasteiger partial charge on any atom is 0.338 e. The maximum atomic E-state index is 11.8. The molecule has 0 aliphatic rings. The molecule has 0 bridgehead atoms. The number of aliphatic hydroxyl groups is 2. The standard InChI is InChI=1S/C14H18O6/c1-2-14(7-15,8-16)9-20-13(19)11-5-3-4-10(6-11)12(17)18/h3-6,15-16H,2,7-9H2,1H3,(H,17,18)/p-1. The van der Waals surface area contributed by atoms with Gasteiger partial charge in [0, 0.05) is 0 Å². The Morgan fingerprint density at radius 2 is 1.85 bits per heavy atom. The van der Waals surface area contributed by atoms with Gasteiger partial charge in [0.2, 0.25) is 0 Å². The normalized spacial score (nSPS) is 11.2. The molecule has 0 fully saturated rings. The highest BCUT2D eigenvalue weighted by atomic mass is 16.5. The molecule has 0 aliphatic heterocycles. The van der Waals surface area contributed by atoms with Gasteiger partial charge in [-0.25, -0.2) is 4.79 Å². The van der Waals surface area contributed by atoms with E-state index in [0.717, 1.165) is 6.07 Å². The van der Waals surface area contributed by atoms with E-state index in [9.17, 15) is 24.9 Å². The van der Waals surface area contributed by atoms with E-state index in [0.29, 0.717) is 6.42 Å². The highest BCUT2D eigenvalue weighted by Gasteiger charge is 2.28. The van der Waals surface area contributed by atoms with Crippen molar-refractivity contribution in [2.45, 2.75) is 13.3 Å². The van der Waals surface area contributed by atoms with Gasteiger partial charge in [0.05, 0.1) is 30.2 Å². The molecule has 20 heavy (non-hydrogen) atoms. The molecule has 0 aliphatic carbocycles. The number of ether oxygens (including phenoxy) is 1. The minimum atomic E-state index is -1.38. The number of aliphatic hydroxyl groups excluding tert-OH is 2. The molecule has 0 spiro atoms. The van der Waals surface area contributed by atoms with Crippen LogP contribution in [0.4, 0.5) is 0 Å². The molecule has 6 heteroatoms. The Hall–Kier alpha value is -1.92. The number of benzene rings is 1. The summed E-state index contributed by atoms with van der Waals surface area (Å²) in [6.45, 7) is 0.987. The molecule has 0 heterocycles. The molecule has 0 atom stereocenters. The number of carbonyl (C=O) groups is 2. The van der Waals surface area contributed by atoms with Gasteiger partial charge in [-0.15, -0.1) is 0 Å². The van der Waals surface area contributed by atoms with E-state index in [1.54, 1.807) is 6.92 Å². The van der Waals surface area contributed by atoms with Crippen LogP contribution in [0.3, 0.4) is 0 Å². The van der Waals surface area contributed by atoms with Gasteiger partial charge in [0.1, 0.15) is 6.61 Å². The third kappa shape index (κ3) is 3.79. The summed E-state index contributed by atoms with van der Waals surface area (Å²) in [6, 6.07) is 5.29. The second kappa shape index (κ2) is 7.02. The van der Waals surface area contributed by atoms with Crippen LogP contribution in [0.1, 0.15) is 34.1 Å². The highest BCUT2D eigenvalue weighted by Crippen LogP contribution is 2.21. The van der Waals surface area contributed by atoms with Gasteiger partial charge < -0.3 is 24.9 Å². The van der Waals surface area contributed by atoms with E-state index in [4.69, 9.17) is 4.74 Å². The Morgan fingerprint density at radius 1 is 1.25 bits per heavy atom. The Morgan fingerprint density at radius 3 is 2.35 bits per heavy atom. The molecule has 1 rings (SSSR count). The van der Waals surface area contributed by atoms with E-state index < -0.39 is 17.4 Å². The third-order valence-electron chi connectivity index (χ3n) is 3.26. The molecule has 6 nitrogen and oxygen atoms in total. The summed E-state index contributed by atoms with van der Waals surface area (Å²) in [5.41, 5.74) is -0.931. The SMILES string of the molecule is CCC(CO)(CO)COC(=O)c1cccc(C(=O)[O-])c1. The molecule has 110 valence electrons. The number of carboxylic acid groups (broad SMARTS) is 1. The van der Waals surface area contributed by atoms with Crippen LogP contribution in [0.2, 0.25) is 0 Å². The second-order valence-corrected chi connectivity index (χ2v) is 4.61. The van der Waals surface area contributed by atoms with E-state index in [-0.39, 0.29) is 30.9 Å². The summed E-state index contributed by atoms with van der Waals surface area (Å²) >= 11 is 0. The molecule has 0 saturated heterocycles. The maximum absolute atomic E-state index is 11.8. The fraction of sp³-hybridized carbons (Fsp3) is 0.429. The lowest BCUT2D eigenvalue weighted by atomic mass is 9.88. The first kappa shape index (κ1) is 16.1. The van der Waals surface area contributed by atoms with Crippen molar-refractivity contribution in [1.82, 2.24) is 0 Å². The summed E-state index contributed by atoms with van der Waals surface area (Å²) in [4.78, 5) is 22.5. The Labute approximate surface area is 116 Å². The molecule has 0 radical (unpaired) electrons. The van der Waals surface area contributed by atoms with Crippen LogP contribution in [0.5, 0.6) is 0 Å². The third-order valence-corrected chi connectivity index (χ3v) is 3.26. The van der Waals surface area contributed by atoms with E-state index >= 15 is 0 Å². The minimum absolute atomic E-state index is 0.0765. The van der Waals surface area contributed by atoms with Gasteiger partial charge in [0.25, 0.3) is 0 Å². The van der Waals surface area contributed by atoms with Crippen LogP contribution >= 0.6 is 0 Å². The van der Waals surface area contributed by atoms with E-state index in [2.05, 4.69) is 0 Å². The summed E-state index contributed by atoms with van der Waals surface area (Å²) in [6.07, 6.45) is 0.437. The van der Waals surface area contributed by atoms with Crippen molar-refractivity contribution in [3.63, 3.8) is 0 Å². The quantitative estimate of drug-likeness (QED) is 0.658. The fourth-order valence-corrected chi connectivity index (χ4v) is 1.54. The molecule has 1 aromatic carbocycles. The van der Waals surface area contributed by atoms with Crippen molar-refractivity contribution in [1.29, 1.82) is 0 Å². The molecular formula is C14H17O6-. The number of carbonyl (C=O) groups excluding carboxylic acids is 2. The minimum Gasteiger partial charge on any atom is -0.545 e. The van der Waals surface area contributed by atoms with E-state index in [1.807, 2.05) is 0 Å². The predicted octanol–water partition coefficient (Wildman–Crippen LogP) is -0.412. The van der Waals surface area contributed by atoms with Crippen LogP contribution in [0.25, 0.3) is 0 Å². The highest BCUT2D eigenvalue weighted by molar-refractivity contribution is 5.93. The van der Waals surface area contributed by atoms with Crippen LogP contribution in [-0.4, -0.2) is 42.0 Å². The first-order chi connectivity index (χ1) is 9.48. The van der Waals surface area contributed by atoms with Crippen molar-refractivity contribution in [3.05, 3.63) is 35.4 Å². The first-order valence-electron chi connectivity index (χ1n) is 6.18. The molecular weight excluding hydrogens is 264 g/mol. The summed E-state index contributed by atoms with van der Waals surface area (Å²) in [5.74, 6) is -2.10. The average Bonchev–Trinajstić information content (AvgIpc) is 2.49. The van der Waals surface area contributed by atoms with Gasteiger partial charge in [-0.1, -0.05) is 19.1 Å². The predicted molar refractivity (Wildman–Crippen MR) is 68.0 cm³/mol. The van der Waals surface area contributed by atoms with Gasteiger partial charge in [0.15, 0.2) is 0 Å². The van der Waals surface area contributed by atoms with Crippen molar-refractivity contribution in [3.8, 4) is 0 Å². The molecule has 0 amide bonds. The molecule has 0 aromatic heterocycles. The number of hydrogen-bond acceptors (Lipinski definition) is 6. The van der Waals surface area contributed by atoms with Crippen LogP contribution < -0.4 is 5.11 Å². The topological polar surface area (TPSA) is 107 Å². The molecule has 1 aromatic rings. The zero-order chi connectivity index (χ0) is 15.2. The van der Waals surface area contributed by atoms with Crippen molar-refractivity contribution >= 4 is 11.9 Å². The lowest BCUT2D eigenvalue weighted by molar-refractivity contribution is -0.255. The van der Waals surface area contributed by atoms with Crippen LogP contribution in [0.15, 0.2) is 24.3 Å². The zero-order valence-corrected chi connectivity index (χ0v) is 11.2. The van der Waals surface area contributed by atoms with Crippen molar-refractivity contribution in [2.24, 2.45) is 5.41 Å². The van der Waals surface area contributed by atoms with Crippen molar-refractivity contribution in [2.75, 3.05) is 19.8 Å². The molecule has 0 saturated carbocycles. The van der Waals surface area contributed by atoms with Crippen molar-refractivity contribution < 1.29 is 29.6 Å². The lowest BCUT2D eigenvalue weighted by Crippen LogP contribution is -2.35. The van der Waals surface area contributed by atoms with Crippen LogP contribution in [0, 0.1) is 5.41 Å². The van der Waals surface area contributed by atoms with Crippen LogP contribution in [-0.2, 0) is 4.74 Å². The Bertz CT molecular complexity index is 470. The number of rotatable bonds is 7. The van der Waals surface area contributed by atoms with Gasteiger partial charge in [-0.2, -0.15) is 0 Å². The number of carboxylic acids is 1. The summed E-state index contributed by atoms with van der Waals surface area (Å²) in [7, 11) is 0. The number of esters is 1. The average molecular weight is 281 g/mol. The van der Waals surface area contributed by atoms with Gasteiger partial charge in [-0.3, -0.25) is 0 Å². The largest absolute Gasteiger partial charge is 0.545 e. The molecule has 2 N–H and O–H groups in total.